The highest BCUT2D eigenvalue weighted by Crippen LogP contribution is 2.14. The van der Waals surface area contributed by atoms with Gasteiger partial charge in [-0.3, -0.25) is 4.79 Å². The fourth-order valence-corrected chi connectivity index (χ4v) is 6.84. The number of carbonyl (C=O) groups is 1. The van der Waals surface area contributed by atoms with Gasteiger partial charge in [-0.1, -0.05) is 211 Å². The van der Waals surface area contributed by atoms with Gasteiger partial charge in [-0.15, -0.1) is 0 Å². The summed E-state index contributed by atoms with van der Waals surface area (Å²) in [6.07, 6.45) is 56.9. The van der Waals surface area contributed by atoms with Crippen LogP contribution in [-0.2, 0) is 4.79 Å². The minimum atomic E-state index is -0.862. The molecule has 0 saturated heterocycles. The van der Waals surface area contributed by atoms with Gasteiger partial charge in [0, 0.05) is 6.42 Å². The molecule has 2 atom stereocenters. The van der Waals surface area contributed by atoms with Crippen LogP contribution in [0.3, 0.4) is 0 Å². The predicted molar refractivity (Wildman–Crippen MR) is 225 cm³/mol. The number of nitrogens with one attached hydrogen (secondary N) is 1. The van der Waals surface area contributed by atoms with Gasteiger partial charge in [0.15, 0.2) is 0 Å². The van der Waals surface area contributed by atoms with E-state index in [9.17, 15) is 15.0 Å². The van der Waals surface area contributed by atoms with Gasteiger partial charge >= 0.3 is 0 Å². The zero-order valence-electron chi connectivity index (χ0n) is 34.4. The molecule has 0 aromatic rings. The second-order valence-electron chi connectivity index (χ2n) is 15.5. The first-order valence-corrected chi connectivity index (χ1v) is 22.7. The molecule has 4 heteroatoms. The van der Waals surface area contributed by atoms with Crippen molar-refractivity contribution in [3.05, 3.63) is 36.5 Å². The van der Waals surface area contributed by atoms with E-state index in [1.165, 1.54) is 186 Å². The molecule has 4 nitrogen and oxygen atoms in total. The van der Waals surface area contributed by atoms with Gasteiger partial charge in [0.1, 0.15) is 0 Å². The third-order valence-electron chi connectivity index (χ3n) is 10.3. The Labute approximate surface area is 319 Å². The van der Waals surface area contributed by atoms with Gasteiger partial charge in [0.05, 0.1) is 18.8 Å². The molecule has 0 fully saturated rings. The van der Waals surface area contributed by atoms with Gasteiger partial charge < -0.3 is 15.5 Å². The first-order chi connectivity index (χ1) is 25.2. The van der Waals surface area contributed by atoms with E-state index in [4.69, 9.17) is 0 Å². The van der Waals surface area contributed by atoms with Crippen LogP contribution in [0.1, 0.15) is 239 Å². The number of carbonyl (C=O) groups excluding carboxylic acids is 1. The normalized spacial score (nSPS) is 13.3. The molecule has 0 spiro atoms. The van der Waals surface area contributed by atoms with Crippen LogP contribution < -0.4 is 5.32 Å². The Bertz CT molecular complexity index is 775. The fourth-order valence-electron chi connectivity index (χ4n) is 6.84. The molecular weight excluding hydrogens is 627 g/mol. The van der Waals surface area contributed by atoms with E-state index in [0.717, 1.165) is 32.1 Å². The standard InChI is InChI=1S/C47H89NO3/c1-3-5-7-9-11-13-15-17-19-21-22-23-24-25-27-29-31-33-35-37-39-41-43-47(51)48-45(44-49)46(50)42-40-38-36-34-32-30-28-26-20-18-16-14-12-10-8-6-4-2/h24-25,32,34,40,42,45-46,49-50H,3-23,26-31,33,35-39,41,43-44H2,1-2H3,(H,48,51)/b25-24-,34-32+,42-40+. The molecule has 51 heavy (non-hydrogen) atoms. The van der Waals surface area contributed by atoms with Crippen molar-refractivity contribution in [2.24, 2.45) is 0 Å². The lowest BCUT2D eigenvalue weighted by Gasteiger charge is -2.19. The molecule has 0 radical (unpaired) electrons. The summed E-state index contributed by atoms with van der Waals surface area (Å²) in [6.45, 7) is 4.31. The average Bonchev–Trinajstić information content (AvgIpc) is 3.13. The average molecular weight is 716 g/mol. The summed E-state index contributed by atoms with van der Waals surface area (Å²) in [5.41, 5.74) is 0. The van der Waals surface area contributed by atoms with Crippen molar-refractivity contribution in [1.82, 2.24) is 5.32 Å². The van der Waals surface area contributed by atoms with Crippen LogP contribution in [0.4, 0.5) is 0 Å². The summed E-state index contributed by atoms with van der Waals surface area (Å²) < 4.78 is 0. The number of aliphatic hydroxyl groups excluding tert-OH is 2. The van der Waals surface area contributed by atoms with Crippen molar-refractivity contribution < 1.29 is 15.0 Å². The monoisotopic (exact) mass is 716 g/mol. The van der Waals surface area contributed by atoms with Gasteiger partial charge in [-0.2, -0.15) is 0 Å². The van der Waals surface area contributed by atoms with Crippen LogP contribution in [0.2, 0.25) is 0 Å². The summed E-state index contributed by atoms with van der Waals surface area (Å²) in [5, 5.41) is 23.0. The van der Waals surface area contributed by atoms with Crippen LogP contribution in [0.15, 0.2) is 36.5 Å². The number of unbranched alkanes of at least 4 members (excludes halogenated alkanes) is 30. The second kappa shape index (κ2) is 43.0. The number of allylic oxidation sites excluding steroid dienone is 5. The zero-order chi connectivity index (χ0) is 37.1. The lowest BCUT2D eigenvalue weighted by Crippen LogP contribution is -2.45. The van der Waals surface area contributed by atoms with E-state index >= 15 is 0 Å². The summed E-state index contributed by atoms with van der Waals surface area (Å²) in [4.78, 5) is 12.4. The highest BCUT2D eigenvalue weighted by Gasteiger charge is 2.17. The Hall–Kier alpha value is -1.39. The SMILES string of the molecule is CCCCCCCCCCCCC/C=C\CCCCCCCCCC(=O)NC(CO)C(O)/C=C/CC/C=C/CCCCCCCCCCCCC. The smallest absolute Gasteiger partial charge is 0.220 e. The summed E-state index contributed by atoms with van der Waals surface area (Å²) in [6, 6.07) is -0.640. The lowest BCUT2D eigenvalue weighted by molar-refractivity contribution is -0.123. The van der Waals surface area contributed by atoms with Crippen molar-refractivity contribution in [1.29, 1.82) is 0 Å². The molecule has 0 aliphatic heterocycles. The molecule has 0 aromatic heterocycles. The van der Waals surface area contributed by atoms with E-state index in [0.29, 0.717) is 6.42 Å². The van der Waals surface area contributed by atoms with Crippen LogP contribution >= 0.6 is 0 Å². The van der Waals surface area contributed by atoms with E-state index in [2.05, 4.69) is 43.5 Å². The minimum absolute atomic E-state index is 0.0770. The van der Waals surface area contributed by atoms with Crippen molar-refractivity contribution >= 4 is 5.91 Å². The molecule has 0 bridgehead atoms. The Balaban J connectivity index is 3.59. The van der Waals surface area contributed by atoms with Gasteiger partial charge in [0.25, 0.3) is 0 Å². The molecular formula is C47H89NO3. The van der Waals surface area contributed by atoms with Gasteiger partial charge in [-0.05, 0) is 57.8 Å². The van der Waals surface area contributed by atoms with Crippen LogP contribution in [0.25, 0.3) is 0 Å². The zero-order valence-corrected chi connectivity index (χ0v) is 34.4. The Kier molecular flexibility index (Phi) is 41.8. The number of hydrogen-bond acceptors (Lipinski definition) is 3. The van der Waals surface area contributed by atoms with Crippen molar-refractivity contribution in [3.8, 4) is 0 Å². The Morgan fingerprint density at radius 3 is 1.14 bits per heavy atom. The van der Waals surface area contributed by atoms with E-state index in [1.807, 2.05) is 6.08 Å². The second-order valence-corrected chi connectivity index (χ2v) is 15.5. The molecule has 0 aliphatic rings. The molecule has 0 aliphatic carbocycles. The molecule has 0 rings (SSSR count). The maximum absolute atomic E-state index is 12.4. The number of rotatable bonds is 41. The first kappa shape index (κ1) is 49.6. The highest BCUT2D eigenvalue weighted by molar-refractivity contribution is 5.76. The molecule has 1 amide bonds. The molecule has 300 valence electrons. The van der Waals surface area contributed by atoms with Crippen LogP contribution in [-0.4, -0.2) is 34.9 Å². The summed E-state index contributed by atoms with van der Waals surface area (Å²) in [7, 11) is 0. The third kappa shape index (κ3) is 39.6. The lowest BCUT2D eigenvalue weighted by atomic mass is 10.0. The van der Waals surface area contributed by atoms with Gasteiger partial charge in [-0.25, -0.2) is 0 Å². The minimum Gasteiger partial charge on any atom is -0.394 e. The maximum atomic E-state index is 12.4. The number of amides is 1. The Morgan fingerprint density at radius 1 is 0.451 bits per heavy atom. The Morgan fingerprint density at radius 2 is 0.765 bits per heavy atom. The van der Waals surface area contributed by atoms with E-state index in [-0.39, 0.29) is 12.5 Å². The molecule has 3 N–H and O–H groups in total. The number of hydrogen-bond donors (Lipinski definition) is 3. The van der Waals surface area contributed by atoms with Gasteiger partial charge in [0.2, 0.25) is 5.91 Å². The molecule has 0 aromatic carbocycles. The van der Waals surface area contributed by atoms with Crippen molar-refractivity contribution in [3.63, 3.8) is 0 Å². The first-order valence-electron chi connectivity index (χ1n) is 22.7. The molecule has 0 heterocycles. The molecule has 2 unspecified atom stereocenters. The van der Waals surface area contributed by atoms with Crippen molar-refractivity contribution in [2.45, 2.75) is 251 Å². The quantitative estimate of drug-likeness (QED) is 0.0436. The summed E-state index contributed by atoms with van der Waals surface area (Å²) in [5.74, 6) is -0.0770. The summed E-state index contributed by atoms with van der Waals surface area (Å²) >= 11 is 0. The van der Waals surface area contributed by atoms with E-state index in [1.54, 1.807) is 6.08 Å². The fraction of sp³-hybridized carbons (Fsp3) is 0.851. The largest absolute Gasteiger partial charge is 0.394 e. The predicted octanol–water partition coefficient (Wildman–Crippen LogP) is 14.2. The van der Waals surface area contributed by atoms with Crippen LogP contribution in [0, 0.1) is 0 Å². The van der Waals surface area contributed by atoms with Crippen LogP contribution in [0.5, 0.6) is 0 Å². The van der Waals surface area contributed by atoms with Crippen molar-refractivity contribution in [2.75, 3.05) is 6.61 Å². The number of aliphatic hydroxyl groups is 2. The third-order valence-corrected chi connectivity index (χ3v) is 10.3. The van der Waals surface area contributed by atoms with E-state index < -0.39 is 12.1 Å². The highest BCUT2D eigenvalue weighted by atomic mass is 16.3. The molecule has 0 saturated carbocycles. The topological polar surface area (TPSA) is 69.6 Å². The maximum Gasteiger partial charge on any atom is 0.220 e.